The number of aryl methyl sites for hydroxylation is 2. The Hall–Kier alpha value is -1.60. The predicted molar refractivity (Wildman–Crippen MR) is 116 cm³/mol. The van der Waals surface area contributed by atoms with Crippen LogP contribution in [0.5, 0.6) is 0 Å². The molecule has 0 amide bonds. The molecule has 1 saturated carbocycles. The van der Waals surface area contributed by atoms with Crippen molar-refractivity contribution in [3.63, 3.8) is 0 Å². The Morgan fingerprint density at radius 2 is 1.67 bits per heavy atom. The van der Waals surface area contributed by atoms with Crippen LogP contribution in [-0.4, -0.2) is 11.7 Å². The molecule has 27 heavy (non-hydrogen) atoms. The first-order valence-corrected chi connectivity index (χ1v) is 11.1. The van der Waals surface area contributed by atoms with E-state index in [1.54, 1.807) is 0 Å². The van der Waals surface area contributed by atoms with Gasteiger partial charge in [-0.1, -0.05) is 69.2 Å². The fourth-order valence-electron chi connectivity index (χ4n) is 4.79. The third-order valence-corrected chi connectivity index (χ3v) is 6.41. The van der Waals surface area contributed by atoms with Crippen molar-refractivity contribution in [2.75, 3.05) is 6.61 Å². The molecule has 0 bridgehead atoms. The molecule has 0 atom stereocenters. The highest BCUT2D eigenvalue weighted by atomic mass is 16.2. The number of aliphatic hydroxyl groups is 1. The first-order valence-electron chi connectivity index (χ1n) is 11.1. The van der Waals surface area contributed by atoms with Crippen LogP contribution in [0.25, 0.3) is 11.1 Å². The molecule has 0 heterocycles. The maximum atomic E-state index is 9.06. The van der Waals surface area contributed by atoms with Crippen LogP contribution in [0.2, 0.25) is 0 Å². The summed E-state index contributed by atoms with van der Waals surface area (Å²) in [5.41, 5.74) is 6.99. The Morgan fingerprint density at radius 3 is 2.30 bits per heavy atom. The van der Waals surface area contributed by atoms with E-state index in [9.17, 15) is 0 Å². The van der Waals surface area contributed by atoms with Crippen LogP contribution in [0.15, 0.2) is 42.5 Å². The number of hydrogen-bond donors (Lipinski definition) is 1. The minimum Gasteiger partial charge on any atom is -0.396 e. The second-order valence-electron chi connectivity index (χ2n) is 8.30. The second-order valence-corrected chi connectivity index (χ2v) is 8.30. The van der Waals surface area contributed by atoms with E-state index < -0.39 is 0 Å². The minimum atomic E-state index is 0.269. The monoisotopic (exact) mass is 364 g/mol. The van der Waals surface area contributed by atoms with Gasteiger partial charge < -0.3 is 5.11 Å². The molecule has 2 aromatic rings. The van der Waals surface area contributed by atoms with Crippen LogP contribution in [0.1, 0.15) is 81.4 Å². The summed E-state index contributed by atoms with van der Waals surface area (Å²) in [5, 5.41) is 9.06. The van der Waals surface area contributed by atoms with E-state index in [1.165, 1.54) is 66.3 Å². The topological polar surface area (TPSA) is 20.2 Å². The van der Waals surface area contributed by atoms with E-state index in [2.05, 4.69) is 56.3 Å². The van der Waals surface area contributed by atoms with E-state index in [0.29, 0.717) is 0 Å². The van der Waals surface area contributed by atoms with Crippen LogP contribution >= 0.6 is 0 Å². The van der Waals surface area contributed by atoms with Gasteiger partial charge in [-0.25, -0.2) is 0 Å². The SMILES string of the molecule is CCCC1CCC(c2ccc(-c3ccc(CCCO)cc3CC)cc2)CC1. The maximum Gasteiger partial charge on any atom is 0.0434 e. The Bertz CT molecular complexity index is 693. The standard InChI is InChI=1S/C26H36O/c1-3-6-20-8-11-23(12-9-20)24-13-15-25(16-14-24)26-17-10-21(7-5-18-27)19-22(26)4-2/h10,13-17,19-20,23,27H,3-9,11-12,18H2,1-2H3. The van der Waals surface area contributed by atoms with E-state index in [1.807, 2.05) is 0 Å². The van der Waals surface area contributed by atoms with Gasteiger partial charge in [0.15, 0.2) is 0 Å². The highest BCUT2D eigenvalue weighted by molar-refractivity contribution is 5.68. The van der Waals surface area contributed by atoms with Gasteiger partial charge >= 0.3 is 0 Å². The van der Waals surface area contributed by atoms with Crippen LogP contribution in [0, 0.1) is 5.92 Å². The molecule has 1 N–H and O–H groups in total. The van der Waals surface area contributed by atoms with Crippen molar-refractivity contribution in [2.45, 2.75) is 77.6 Å². The highest BCUT2D eigenvalue weighted by Gasteiger charge is 2.21. The molecule has 1 aliphatic rings. The molecule has 1 nitrogen and oxygen atoms in total. The third-order valence-electron chi connectivity index (χ3n) is 6.41. The largest absolute Gasteiger partial charge is 0.396 e. The van der Waals surface area contributed by atoms with Crippen molar-refractivity contribution in [3.8, 4) is 11.1 Å². The summed E-state index contributed by atoms with van der Waals surface area (Å²) in [6.45, 7) is 4.82. The first kappa shape index (κ1) is 20.1. The summed E-state index contributed by atoms with van der Waals surface area (Å²) in [6, 6.07) is 16.2. The quantitative estimate of drug-likeness (QED) is 0.539. The molecule has 1 heteroatoms. The van der Waals surface area contributed by atoms with Gasteiger partial charge in [-0.05, 0) is 84.6 Å². The molecule has 0 saturated heterocycles. The van der Waals surface area contributed by atoms with Gasteiger partial charge in [0, 0.05) is 6.61 Å². The Kier molecular flexibility index (Phi) is 7.52. The molecule has 0 unspecified atom stereocenters. The second kappa shape index (κ2) is 10.1. The van der Waals surface area contributed by atoms with E-state index in [-0.39, 0.29) is 6.61 Å². The normalized spacial score (nSPS) is 20.0. The smallest absolute Gasteiger partial charge is 0.0434 e. The van der Waals surface area contributed by atoms with Crippen molar-refractivity contribution in [1.82, 2.24) is 0 Å². The molecule has 2 aromatic carbocycles. The average Bonchev–Trinajstić information content (AvgIpc) is 2.73. The van der Waals surface area contributed by atoms with E-state index >= 15 is 0 Å². The van der Waals surface area contributed by atoms with Crippen molar-refractivity contribution in [1.29, 1.82) is 0 Å². The summed E-state index contributed by atoms with van der Waals surface area (Å²) < 4.78 is 0. The molecule has 3 rings (SSSR count). The first-order chi connectivity index (χ1) is 13.2. The number of benzene rings is 2. The molecule has 0 radical (unpaired) electrons. The molecule has 0 aliphatic heterocycles. The van der Waals surface area contributed by atoms with Gasteiger partial charge in [0.2, 0.25) is 0 Å². The molecule has 0 aromatic heterocycles. The molecule has 0 spiro atoms. The van der Waals surface area contributed by atoms with Crippen molar-refractivity contribution >= 4 is 0 Å². The average molecular weight is 365 g/mol. The maximum absolute atomic E-state index is 9.06. The molecular formula is C26H36O. The van der Waals surface area contributed by atoms with Gasteiger partial charge in [0.25, 0.3) is 0 Å². The summed E-state index contributed by atoms with van der Waals surface area (Å²) in [7, 11) is 0. The summed E-state index contributed by atoms with van der Waals surface area (Å²) in [4.78, 5) is 0. The van der Waals surface area contributed by atoms with Gasteiger partial charge in [-0.3, -0.25) is 0 Å². The fraction of sp³-hybridized carbons (Fsp3) is 0.538. The van der Waals surface area contributed by atoms with E-state index in [4.69, 9.17) is 5.11 Å². The van der Waals surface area contributed by atoms with Crippen LogP contribution in [-0.2, 0) is 12.8 Å². The lowest BCUT2D eigenvalue weighted by atomic mass is 9.77. The fourth-order valence-corrected chi connectivity index (χ4v) is 4.79. The third kappa shape index (κ3) is 5.23. The van der Waals surface area contributed by atoms with E-state index in [0.717, 1.165) is 31.1 Å². The number of rotatable bonds is 8. The molecular weight excluding hydrogens is 328 g/mol. The van der Waals surface area contributed by atoms with Crippen molar-refractivity contribution in [2.24, 2.45) is 5.92 Å². The van der Waals surface area contributed by atoms with Crippen LogP contribution in [0.3, 0.4) is 0 Å². The van der Waals surface area contributed by atoms with Crippen LogP contribution < -0.4 is 0 Å². The summed E-state index contributed by atoms with van der Waals surface area (Å²) >= 11 is 0. The highest BCUT2D eigenvalue weighted by Crippen LogP contribution is 2.38. The van der Waals surface area contributed by atoms with Gasteiger partial charge in [0.1, 0.15) is 0 Å². The zero-order valence-electron chi connectivity index (χ0n) is 17.2. The lowest BCUT2D eigenvalue weighted by Gasteiger charge is -2.28. The van der Waals surface area contributed by atoms with Crippen molar-refractivity contribution < 1.29 is 5.11 Å². The zero-order valence-corrected chi connectivity index (χ0v) is 17.2. The van der Waals surface area contributed by atoms with Crippen molar-refractivity contribution in [3.05, 3.63) is 59.2 Å². The Balaban J connectivity index is 1.70. The lowest BCUT2D eigenvalue weighted by molar-refractivity contribution is 0.288. The Morgan fingerprint density at radius 1 is 0.926 bits per heavy atom. The van der Waals surface area contributed by atoms with Crippen LogP contribution in [0.4, 0.5) is 0 Å². The molecule has 146 valence electrons. The summed E-state index contributed by atoms with van der Waals surface area (Å²) in [5.74, 6) is 1.74. The predicted octanol–water partition coefficient (Wildman–Crippen LogP) is 6.91. The lowest BCUT2D eigenvalue weighted by Crippen LogP contribution is -2.13. The summed E-state index contributed by atoms with van der Waals surface area (Å²) in [6.07, 6.45) is 11.2. The Labute approximate surface area is 165 Å². The number of aliphatic hydroxyl groups excluding tert-OH is 1. The molecule has 1 fully saturated rings. The van der Waals surface area contributed by atoms with Gasteiger partial charge in [-0.15, -0.1) is 0 Å². The van der Waals surface area contributed by atoms with Gasteiger partial charge in [0.05, 0.1) is 0 Å². The van der Waals surface area contributed by atoms with Gasteiger partial charge in [-0.2, -0.15) is 0 Å². The number of hydrogen-bond acceptors (Lipinski definition) is 1. The minimum absolute atomic E-state index is 0.269. The molecule has 1 aliphatic carbocycles. The zero-order chi connectivity index (χ0) is 19.1.